The zero-order valence-corrected chi connectivity index (χ0v) is 19.9. The van der Waals surface area contributed by atoms with Crippen molar-refractivity contribution in [2.24, 2.45) is 10.3 Å². The van der Waals surface area contributed by atoms with Gasteiger partial charge in [-0.1, -0.05) is 29.3 Å². The molecule has 12 heteroatoms. The number of carbonyl (C=O) groups excluding carboxylic acids is 2. The van der Waals surface area contributed by atoms with Crippen LogP contribution >= 0.6 is 34.5 Å². The van der Waals surface area contributed by atoms with E-state index in [4.69, 9.17) is 33.0 Å². The molecule has 0 aliphatic rings. The molecule has 0 atom stereocenters. The number of nitroso groups, excluding NO2 is 1. The van der Waals surface area contributed by atoms with Crippen LogP contribution in [0.3, 0.4) is 0 Å². The van der Waals surface area contributed by atoms with Gasteiger partial charge in [-0.15, -0.1) is 16.2 Å². The third-order valence-electron chi connectivity index (χ3n) is 4.48. The fourth-order valence-corrected chi connectivity index (χ4v) is 4.20. The number of amides is 1. The second kappa shape index (κ2) is 10.6. The van der Waals surface area contributed by atoms with E-state index in [0.29, 0.717) is 31.8 Å². The molecule has 34 heavy (non-hydrogen) atoms. The van der Waals surface area contributed by atoms with Crippen LogP contribution < -0.4 is 10.2 Å². The number of halogens is 2. The predicted octanol–water partition coefficient (Wildman–Crippen LogP) is 5.90. The topological polar surface area (TPSA) is 134 Å². The summed E-state index contributed by atoms with van der Waals surface area (Å²) in [6.45, 7) is 2.85. The monoisotopic (exact) mass is 519 g/mol. The van der Waals surface area contributed by atoms with Crippen LogP contribution in [0, 0.1) is 4.91 Å². The quantitative estimate of drug-likeness (QED) is 0.172. The van der Waals surface area contributed by atoms with Gasteiger partial charge in [0.2, 0.25) is 0 Å². The second-order valence-electron chi connectivity index (χ2n) is 6.80. The van der Waals surface area contributed by atoms with Crippen LogP contribution in [0.15, 0.2) is 52.1 Å². The van der Waals surface area contributed by atoms with Gasteiger partial charge < -0.3 is 9.84 Å². The third kappa shape index (κ3) is 5.48. The molecule has 2 aromatic carbocycles. The lowest BCUT2D eigenvalue weighted by Crippen LogP contribution is -2.19. The minimum Gasteiger partial charge on any atom is -0.478 e. The first-order valence-corrected chi connectivity index (χ1v) is 11.1. The molecule has 0 bridgehead atoms. The van der Waals surface area contributed by atoms with Gasteiger partial charge in [0.05, 0.1) is 31.8 Å². The van der Waals surface area contributed by atoms with E-state index in [2.05, 4.69) is 15.7 Å². The van der Waals surface area contributed by atoms with Crippen LogP contribution in [0.25, 0.3) is 10.4 Å². The van der Waals surface area contributed by atoms with Crippen molar-refractivity contribution in [3.63, 3.8) is 0 Å². The predicted molar refractivity (Wildman–Crippen MR) is 130 cm³/mol. The lowest BCUT2D eigenvalue weighted by atomic mass is 10.1. The Labute approximate surface area is 206 Å². The molecular formula is C22H15Cl2N3O6S. The molecule has 0 saturated heterocycles. The molecule has 0 radical (unpaired) electrons. The lowest BCUT2D eigenvalue weighted by molar-refractivity contribution is -0.131. The number of carbonyl (C=O) groups is 3. The van der Waals surface area contributed by atoms with Gasteiger partial charge in [0.25, 0.3) is 5.91 Å². The number of esters is 1. The first-order valence-electron chi connectivity index (χ1n) is 9.43. The largest absolute Gasteiger partial charge is 0.478 e. The van der Waals surface area contributed by atoms with Crippen molar-refractivity contribution in [3.05, 3.63) is 73.4 Å². The SMILES string of the molecule is CC(=O)Oc1c(/C(C)=N/NC(=O)c2ccc(C(=O)O)c(N=O)c2)csc1-c1ccc(Cl)c(Cl)c1. The number of hydrogen-bond acceptors (Lipinski definition) is 8. The molecule has 0 spiro atoms. The molecule has 0 aliphatic carbocycles. The highest BCUT2D eigenvalue weighted by atomic mass is 35.5. The number of hydrogen-bond donors (Lipinski definition) is 2. The van der Waals surface area contributed by atoms with Gasteiger partial charge in [-0.2, -0.15) is 5.10 Å². The van der Waals surface area contributed by atoms with Crippen molar-refractivity contribution < 1.29 is 24.2 Å². The summed E-state index contributed by atoms with van der Waals surface area (Å²) in [5, 5.41) is 18.2. The molecular weight excluding hydrogens is 505 g/mol. The molecule has 0 saturated carbocycles. The molecule has 0 fully saturated rings. The number of nitrogens with zero attached hydrogens (tertiary/aromatic N) is 2. The van der Waals surface area contributed by atoms with Crippen LogP contribution in [0.4, 0.5) is 5.69 Å². The lowest BCUT2D eigenvalue weighted by Gasteiger charge is -2.09. The highest BCUT2D eigenvalue weighted by molar-refractivity contribution is 7.14. The smallest absolute Gasteiger partial charge is 0.338 e. The van der Waals surface area contributed by atoms with Gasteiger partial charge in [0, 0.05) is 17.9 Å². The number of rotatable bonds is 7. The Morgan fingerprint density at radius 3 is 2.38 bits per heavy atom. The van der Waals surface area contributed by atoms with E-state index >= 15 is 0 Å². The normalized spacial score (nSPS) is 11.1. The number of nitrogens with one attached hydrogen (secondary N) is 1. The summed E-state index contributed by atoms with van der Waals surface area (Å²) in [6.07, 6.45) is 0. The van der Waals surface area contributed by atoms with Gasteiger partial charge in [0.15, 0.2) is 5.75 Å². The number of benzene rings is 2. The van der Waals surface area contributed by atoms with Crippen molar-refractivity contribution in [1.82, 2.24) is 5.43 Å². The molecule has 3 rings (SSSR count). The Morgan fingerprint density at radius 2 is 1.76 bits per heavy atom. The van der Waals surface area contributed by atoms with E-state index < -0.39 is 17.8 Å². The number of carboxylic acid groups (broad SMARTS) is 1. The van der Waals surface area contributed by atoms with Crippen LogP contribution in [0.2, 0.25) is 10.0 Å². The molecule has 0 aliphatic heterocycles. The molecule has 1 heterocycles. The third-order valence-corrected chi connectivity index (χ3v) is 6.23. The first-order chi connectivity index (χ1) is 16.1. The number of aromatic carboxylic acids is 1. The Kier molecular flexibility index (Phi) is 7.77. The zero-order valence-electron chi connectivity index (χ0n) is 17.6. The molecule has 0 unspecified atom stereocenters. The molecule has 3 aromatic rings. The maximum Gasteiger partial charge on any atom is 0.338 e. The molecule has 9 nitrogen and oxygen atoms in total. The van der Waals surface area contributed by atoms with Gasteiger partial charge in [-0.25, -0.2) is 10.2 Å². The zero-order chi connectivity index (χ0) is 25.0. The van der Waals surface area contributed by atoms with Gasteiger partial charge in [-0.05, 0) is 48.0 Å². The van der Waals surface area contributed by atoms with E-state index in [1.54, 1.807) is 30.5 Å². The maximum atomic E-state index is 12.5. The Morgan fingerprint density at radius 1 is 1.03 bits per heavy atom. The number of ether oxygens (including phenoxy) is 1. The molecule has 1 amide bonds. The summed E-state index contributed by atoms with van der Waals surface area (Å²) in [5.74, 6) is -2.35. The van der Waals surface area contributed by atoms with Gasteiger partial charge >= 0.3 is 11.9 Å². The van der Waals surface area contributed by atoms with Gasteiger partial charge in [-0.3, -0.25) is 9.59 Å². The summed E-state index contributed by atoms with van der Waals surface area (Å²) in [5.41, 5.74) is 3.05. The molecule has 174 valence electrons. The van der Waals surface area contributed by atoms with E-state index in [0.717, 1.165) is 12.1 Å². The maximum absolute atomic E-state index is 12.5. The van der Waals surface area contributed by atoms with Crippen LogP contribution in [0.1, 0.15) is 40.1 Å². The number of carboxylic acids is 1. The van der Waals surface area contributed by atoms with Crippen molar-refractivity contribution in [1.29, 1.82) is 0 Å². The van der Waals surface area contributed by atoms with Crippen molar-refractivity contribution >= 4 is 63.8 Å². The highest BCUT2D eigenvalue weighted by Crippen LogP contribution is 2.41. The van der Waals surface area contributed by atoms with Crippen LogP contribution in [0.5, 0.6) is 5.75 Å². The Hall–Kier alpha value is -3.60. The summed E-state index contributed by atoms with van der Waals surface area (Å²) in [4.78, 5) is 46.8. The molecule has 2 N–H and O–H groups in total. The fraction of sp³-hybridized carbons (Fsp3) is 0.0909. The van der Waals surface area contributed by atoms with Gasteiger partial charge in [0.1, 0.15) is 5.69 Å². The minimum absolute atomic E-state index is 0.0156. The average Bonchev–Trinajstić information content (AvgIpc) is 3.21. The van der Waals surface area contributed by atoms with Crippen LogP contribution in [-0.2, 0) is 4.79 Å². The second-order valence-corrected chi connectivity index (χ2v) is 8.49. The Balaban J connectivity index is 1.91. The standard InChI is InChI=1S/C22H15Cl2N3O6S/c1-10(25-26-21(29)13-3-5-14(22(30)31)18(8-13)27-32)15-9-34-20(19(15)33-11(2)28)12-4-6-16(23)17(24)7-12/h3-9H,1-2H3,(H,26,29)(H,30,31)/b25-10+. The summed E-state index contributed by atoms with van der Waals surface area (Å²) < 4.78 is 5.42. The van der Waals surface area contributed by atoms with E-state index in [1.807, 2.05) is 0 Å². The van der Waals surface area contributed by atoms with E-state index in [-0.39, 0.29) is 22.6 Å². The number of thiophene rings is 1. The number of hydrazone groups is 1. The summed E-state index contributed by atoms with van der Waals surface area (Å²) in [7, 11) is 0. The fourth-order valence-electron chi connectivity index (χ4n) is 2.87. The Bertz CT molecular complexity index is 1350. The van der Waals surface area contributed by atoms with Crippen LogP contribution in [-0.4, -0.2) is 28.7 Å². The van der Waals surface area contributed by atoms with Crippen molar-refractivity contribution in [2.75, 3.05) is 0 Å². The van der Waals surface area contributed by atoms with E-state index in [9.17, 15) is 19.3 Å². The first kappa shape index (κ1) is 25.0. The minimum atomic E-state index is -1.34. The van der Waals surface area contributed by atoms with E-state index in [1.165, 1.54) is 24.3 Å². The highest BCUT2D eigenvalue weighted by Gasteiger charge is 2.20. The summed E-state index contributed by atoms with van der Waals surface area (Å²) in [6, 6.07) is 8.37. The molecule has 1 aromatic heterocycles. The summed E-state index contributed by atoms with van der Waals surface area (Å²) >= 11 is 13.4. The average molecular weight is 520 g/mol. The van der Waals surface area contributed by atoms with Crippen molar-refractivity contribution in [3.8, 4) is 16.2 Å². The van der Waals surface area contributed by atoms with Crippen molar-refractivity contribution in [2.45, 2.75) is 13.8 Å².